The Bertz CT molecular complexity index is 3310. The number of benzene rings is 10. The van der Waals surface area contributed by atoms with E-state index in [2.05, 4.69) is 265 Å². The van der Waals surface area contributed by atoms with Gasteiger partial charge in [0, 0.05) is 22.5 Å². The Hall–Kier alpha value is -8.20. The number of hydrogen-bond donors (Lipinski definition) is 0. The summed E-state index contributed by atoms with van der Waals surface area (Å²) in [5.74, 6) is 0. The number of hydrogen-bond acceptors (Lipinski definition) is 2. The lowest BCUT2D eigenvalue weighted by Crippen LogP contribution is -2.36. The first-order valence-corrected chi connectivity index (χ1v) is 22.3. The molecule has 3 aliphatic rings. The Balaban J connectivity index is 1.12. The number of nitrogens with zero attached hydrogens (tertiary/aromatic N) is 2. The van der Waals surface area contributed by atoms with Gasteiger partial charge in [-0.15, -0.1) is 0 Å². The normalized spacial score (nSPS) is 14.2. The van der Waals surface area contributed by atoms with Crippen LogP contribution in [0.2, 0.25) is 0 Å². The van der Waals surface area contributed by atoms with Gasteiger partial charge in [-0.1, -0.05) is 206 Å². The molecule has 2 heteroatoms. The number of fused-ring (bicyclic) bond motifs is 12. The van der Waals surface area contributed by atoms with Gasteiger partial charge >= 0.3 is 0 Å². The van der Waals surface area contributed by atoms with Gasteiger partial charge in [-0.2, -0.15) is 0 Å². The summed E-state index contributed by atoms with van der Waals surface area (Å²) in [6.07, 6.45) is 0. The standard InChI is InChI=1S/C62H42N2/c1-5-23-43(24-6-1)61(44-25-7-2-8-26-44)49-33-15-13-31-47(49)59-53(61)37-21-41-57(59)64(46-29-11-4-12-30-46)58-42-22-38-54-60(58)48-32-14-16-34-50(48)62(54)51-35-17-19-39-55(51)63(45-27-9-3-10-28-45)56-40-20-18-36-52(56)62/h1-42H. The van der Waals surface area contributed by atoms with E-state index in [1.165, 1.54) is 78.1 Å². The highest BCUT2D eigenvalue weighted by molar-refractivity contribution is 6.04. The van der Waals surface area contributed by atoms with Crippen LogP contribution in [0.25, 0.3) is 22.3 Å². The van der Waals surface area contributed by atoms with Crippen molar-refractivity contribution in [3.05, 3.63) is 299 Å². The van der Waals surface area contributed by atoms with Crippen LogP contribution in [0.1, 0.15) is 44.5 Å². The molecule has 0 saturated heterocycles. The number of anilines is 6. The Morgan fingerprint density at radius 2 is 0.656 bits per heavy atom. The Morgan fingerprint density at radius 1 is 0.281 bits per heavy atom. The van der Waals surface area contributed by atoms with Crippen LogP contribution in [-0.4, -0.2) is 0 Å². The molecule has 0 atom stereocenters. The molecule has 0 saturated carbocycles. The third-order valence-electron chi connectivity index (χ3n) is 14.1. The zero-order chi connectivity index (χ0) is 42.2. The van der Waals surface area contributed by atoms with E-state index in [1.807, 2.05) is 0 Å². The quantitative estimate of drug-likeness (QED) is 0.165. The van der Waals surface area contributed by atoms with Gasteiger partial charge in [-0.3, -0.25) is 0 Å². The summed E-state index contributed by atoms with van der Waals surface area (Å²) in [6, 6.07) is 94.4. The molecule has 1 aliphatic heterocycles. The van der Waals surface area contributed by atoms with E-state index in [4.69, 9.17) is 0 Å². The first-order valence-electron chi connectivity index (χ1n) is 22.3. The van der Waals surface area contributed by atoms with E-state index in [0.29, 0.717) is 0 Å². The maximum Gasteiger partial charge on any atom is 0.0755 e. The molecular formula is C62H42N2. The summed E-state index contributed by atoms with van der Waals surface area (Å²) in [5.41, 5.74) is 21.1. The molecule has 300 valence electrons. The Labute approximate surface area is 374 Å². The largest absolute Gasteiger partial charge is 0.310 e. The van der Waals surface area contributed by atoms with Crippen molar-refractivity contribution in [2.75, 3.05) is 9.80 Å². The van der Waals surface area contributed by atoms with Crippen LogP contribution in [0.3, 0.4) is 0 Å². The second kappa shape index (κ2) is 14.2. The fraction of sp³-hybridized carbons (Fsp3) is 0.0323. The number of rotatable bonds is 6. The van der Waals surface area contributed by atoms with Gasteiger partial charge in [0.2, 0.25) is 0 Å². The second-order valence-electron chi connectivity index (χ2n) is 17.1. The minimum absolute atomic E-state index is 0.526. The Kier molecular flexibility index (Phi) is 8.07. The van der Waals surface area contributed by atoms with Crippen LogP contribution in [0.4, 0.5) is 34.1 Å². The average molecular weight is 815 g/mol. The maximum atomic E-state index is 2.55. The summed E-state index contributed by atoms with van der Waals surface area (Å²) in [6.45, 7) is 0. The lowest BCUT2D eigenvalue weighted by molar-refractivity contribution is 0.752. The first-order chi connectivity index (χ1) is 31.8. The van der Waals surface area contributed by atoms with Crippen molar-refractivity contribution in [2.24, 2.45) is 0 Å². The molecule has 0 unspecified atom stereocenters. The maximum absolute atomic E-state index is 2.55. The lowest BCUT2D eigenvalue weighted by atomic mass is 9.64. The lowest BCUT2D eigenvalue weighted by Gasteiger charge is -2.45. The summed E-state index contributed by atoms with van der Waals surface area (Å²) >= 11 is 0. The van der Waals surface area contributed by atoms with Crippen LogP contribution in [-0.2, 0) is 10.8 Å². The van der Waals surface area contributed by atoms with Crippen molar-refractivity contribution >= 4 is 34.1 Å². The molecule has 0 aromatic heterocycles. The predicted octanol–water partition coefficient (Wildman–Crippen LogP) is 15.7. The van der Waals surface area contributed by atoms with Gasteiger partial charge in [-0.25, -0.2) is 0 Å². The molecule has 10 aromatic rings. The summed E-state index contributed by atoms with van der Waals surface area (Å²) in [5, 5.41) is 0. The van der Waals surface area contributed by atoms with Gasteiger partial charge in [-0.05, 0) is 104 Å². The van der Waals surface area contributed by atoms with Crippen molar-refractivity contribution < 1.29 is 0 Å². The van der Waals surface area contributed by atoms with Crippen LogP contribution < -0.4 is 9.80 Å². The molecular weight excluding hydrogens is 773 g/mol. The molecule has 0 fully saturated rings. The van der Waals surface area contributed by atoms with Gasteiger partial charge < -0.3 is 9.80 Å². The summed E-state index contributed by atoms with van der Waals surface area (Å²) in [7, 11) is 0. The third-order valence-corrected chi connectivity index (χ3v) is 14.1. The van der Waals surface area contributed by atoms with E-state index < -0.39 is 10.8 Å². The van der Waals surface area contributed by atoms with E-state index in [9.17, 15) is 0 Å². The fourth-order valence-corrected chi connectivity index (χ4v) is 11.8. The second-order valence-corrected chi connectivity index (χ2v) is 17.1. The highest BCUT2D eigenvalue weighted by atomic mass is 15.2. The minimum atomic E-state index is -0.580. The van der Waals surface area contributed by atoms with Crippen molar-refractivity contribution in [3.63, 3.8) is 0 Å². The molecule has 2 nitrogen and oxygen atoms in total. The highest BCUT2D eigenvalue weighted by Gasteiger charge is 2.53. The third kappa shape index (κ3) is 4.85. The van der Waals surface area contributed by atoms with E-state index in [-0.39, 0.29) is 0 Å². The van der Waals surface area contributed by atoms with Crippen LogP contribution in [0.15, 0.2) is 255 Å². The topological polar surface area (TPSA) is 6.48 Å². The predicted molar refractivity (Wildman–Crippen MR) is 264 cm³/mol. The highest BCUT2D eigenvalue weighted by Crippen LogP contribution is 2.66. The van der Waals surface area contributed by atoms with Crippen molar-refractivity contribution in [3.8, 4) is 22.3 Å². The molecule has 1 spiro atoms. The molecule has 10 aromatic carbocycles. The SMILES string of the molecule is c1ccc(N2c3ccccc3C3(c4ccccc4-c4c(N(c5ccccc5)c5cccc6c5-c5ccccc5C6(c5ccccc5)c5ccccc5)cccc43)c3ccccc32)cc1. The molecule has 0 N–H and O–H groups in total. The monoisotopic (exact) mass is 814 g/mol. The van der Waals surface area contributed by atoms with Gasteiger partial charge in [0.05, 0.1) is 33.6 Å². The minimum Gasteiger partial charge on any atom is -0.310 e. The molecule has 0 bridgehead atoms. The van der Waals surface area contributed by atoms with Crippen molar-refractivity contribution in [1.29, 1.82) is 0 Å². The van der Waals surface area contributed by atoms with Crippen LogP contribution >= 0.6 is 0 Å². The molecule has 0 amide bonds. The van der Waals surface area contributed by atoms with Gasteiger partial charge in [0.15, 0.2) is 0 Å². The van der Waals surface area contributed by atoms with Gasteiger partial charge in [0.25, 0.3) is 0 Å². The zero-order valence-corrected chi connectivity index (χ0v) is 35.1. The fourth-order valence-electron chi connectivity index (χ4n) is 11.8. The zero-order valence-electron chi connectivity index (χ0n) is 35.1. The van der Waals surface area contributed by atoms with E-state index >= 15 is 0 Å². The Morgan fingerprint density at radius 3 is 1.17 bits per heavy atom. The van der Waals surface area contributed by atoms with E-state index in [0.717, 1.165) is 22.7 Å². The molecule has 64 heavy (non-hydrogen) atoms. The van der Waals surface area contributed by atoms with Crippen LogP contribution in [0.5, 0.6) is 0 Å². The molecule has 2 aliphatic carbocycles. The first kappa shape index (κ1) is 36.5. The van der Waals surface area contributed by atoms with Crippen LogP contribution in [0, 0.1) is 0 Å². The van der Waals surface area contributed by atoms with Crippen molar-refractivity contribution in [2.45, 2.75) is 10.8 Å². The number of para-hydroxylation sites is 4. The average Bonchev–Trinajstić information content (AvgIpc) is 3.85. The summed E-state index contributed by atoms with van der Waals surface area (Å²) < 4.78 is 0. The van der Waals surface area contributed by atoms with Crippen molar-refractivity contribution in [1.82, 2.24) is 0 Å². The molecule has 0 radical (unpaired) electrons. The van der Waals surface area contributed by atoms with E-state index in [1.54, 1.807) is 0 Å². The molecule has 1 heterocycles. The van der Waals surface area contributed by atoms with Gasteiger partial charge in [0.1, 0.15) is 0 Å². The smallest absolute Gasteiger partial charge is 0.0755 e. The molecule has 13 rings (SSSR count). The summed E-state index contributed by atoms with van der Waals surface area (Å²) in [4.78, 5) is 5.00.